The Morgan fingerprint density at radius 1 is 1.03 bits per heavy atom. The Kier molecular flexibility index (Phi) is 6.86. The van der Waals surface area contributed by atoms with Gasteiger partial charge in [-0.2, -0.15) is 0 Å². The predicted molar refractivity (Wildman–Crippen MR) is 127 cm³/mol. The molecule has 2 aromatic carbocycles. The van der Waals surface area contributed by atoms with Crippen LogP contribution < -0.4 is 16.2 Å². The van der Waals surface area contributed by atoms with Crippen LogP contribution in [-0.4, -0.2) is 26.8 Å². The number of pyridine rings is 1. The predicted octanol–water partition coefficient (Wildman–Crippen LogP) is 4.02. The van der Waals surface area contributed by atoms with Crippen molar-refractivity contribution in [3.05, 3.63) is 81.3 Å². The Balaban J connectivity index is 1.92. The van der Waals surface area contributed by atoms with E-state index in [1.807, 2.05) is 50.2 Å². The lowest BCUT2D eigenvalue weighted by atomic mass is 9.93. The Labute approximate surface area is 191 Å². The number of anilines is 1. The molecule has 0 bridgehead atoms. The standard InChI is InChI=1S/C25H27N3O5/c1-14-7-5-8-15(2)21(14)18-10-6-9-17(11-18)19(12-20(29)30)26-25(33)27-22-23(31)16(3)13-28(4)24(22)32/h5-11,13,19,31H,12H2,1-4H3,(H,29,30)(H2,26,27,33). The summed E-state index contributed by atoms with van der Waals surface area (Å²) in [7, 11) is 1.50. The van der Waals surface area contributed by atoms with E-state index in [9.17, 15) is 24.6 Å². The van der Waals surface area contributed by atoms with E-state index in [2.05, 4.69) is 10.6 Å². The van der Waals surface area contributed by atoms with Crippen LogP contribution in [0.4, 0.5) is 10.5 Å². The molecular formula is C25H27N3O5. The Morgan fingerprint density at radius 3 is 2.30 bits per heavy atom. The minimum absolute atomic E-state index is 0.270. The normalized spacial score (nSPS) is 11.6. The topological polar surface area (TPSA) is 121 Å². The van der Waals surface area contributed by atoms with Crippen molar-refractivity contribution in [1.29, 1.82) is 0 Å². The Morgan fingerprint density at radius 2 is 1.67 bits per heavy atom. The number of aromatic nitrogens is 1. The molecule has 4 N–H and O–H groups in total. The molecule has 1 heterocycles. The van der Waals surface area contributed by atoms with Gasteiger partial charge in [0.2, 0.25) is 0 Å². The summed E-state index contributed by atoms with van der Waals surface area (Å²) in [6, 6.07) is 11.7. The van der Waals surface area contributed by atoms with Crippen LogP contribution in [0.3, 0.4) is 0 Å². The van der Waals surface area contributed by atoms with Crippen molar-refractivity contribution in [2.75, 3.05) is 5.32 Å². The molecular weight excluding hydrogens is 422 g/mol. The highest BCUT2D eigenvalue weighted by Crippen LogP contribution is 2.30. The van der Waals surface area contributed by atoms with E-state index in [1.54, 1.807) is 13.0 Å². The lowest BCUT2D eigenvalue weighted by Crippen LogP contribution is -2.36. The van der Waals surface area contributed by atoms with Gasteiger partial charge in [0.1, 0.15) is 5.75 Å². The first-order valence-electron chi connectivity index (χ1n) is 10.4. The van der Waals surface area contributed by atoms with Crippen LogP contribution in [-0.2, 0) is 11.8 Å². The summed E-state index contributed by atoms with van der Waals surface area (Å²) in [5.74, 6) is -1.42. The molecule has 3 rings (SSSR count). The number of carboxylic acid groups (broad SMARTS) is 1. The van der Waals surface area contributed by atoms with E-state index in [0.717, 1.165) is 22.3 Å². The summed E-state index contributed by atoms with van der Waals surface area (Å²) in [6.07, 6.45) is 1.09. The van der Waals surface area contributed by atoms with Crippen LogP contribution in [0.1, 0.15) is 34.7 Å². The SMILES string of the molecule is Cc1cn(C)c(=O)c(NC(=O)NC(CC(=O)O)c2cccc(-c3c(C)cccc3C)c2)c1O. The van der Waals surface area contributed by atoms with E-state index < -0.39 is 23.6 Å². The third-order valence-corrected chi connectivity index (χ3v) is 5.51. The van der Waals surface area contributed by atoms with Crippen molar-refractivity contribution < 1.29 is 19.8 Å². The van der Waals surface area contributed by atoms with Gasteiger partial charge < -0.3 is 25.4 Å². The van der Waals surface area contributed by atoms with Gasteiger partial charge in [-0.15, -0.1) is 0 Å². The Hall–Kier alpha value is -4.07. The van der Waals surface area contributed by atoms with E-state index in [4.69, 9.17) is 0 Å². The summed E-state index contributed by atoms with van der Waals surface area (Å²) in [4.78, 5) is 36.6. The number of aromatic hydroxyl groups is 1. The van der Waals surface area contributed by atoms with Gasteiger partial charge in [-0.25, -0.2) is 4.79 Å². The van der Waals surface area contributed by atoms with Crippen LogP contribution in [0.2, 0.25) is 0 Å². The first-order chi connectivity index (χ1) is 15.6. The molecule has 8 nitrogen and oxygen atoms in total. The molecule has 3 aromatic rings. The number of hydrogen-bond donors (Lipinski definition) is 4. The fourth-order valence-corrected chi connectivity index (χ4v) is 3.91. The molecule has 33 heavy (non-hydrogen) atoms. The first-order valence-corrected chi connectivity index (χ1v) is 10.4. The van der Waals surface area contributed by atoms with Gasteiger partial charge in [0.05, 0.1) is 12.5 Å². The zero-order valence-electron chi connectivity index (χ0n) is 19.0. The lowest BCUT2D eigenvalue weighted by Gasteiger charge is -2.20. The average molecular weight is 450 g/mol. The maximum atomic E-state index is 12.7. The van der Waals surface area contributed by atoms with Crippen molar-refractivity contribution in [3.63, 3.8) is 0 Å². The van der Waals surface area contributed by atoms with Crippen LogP contribution in [0.5, 0.6) is 5.75 Å². The maximum Gasteiger partial charge on any atom is 0.319 e. The molecule has 1 aromatic heterocycles. The number of aryl methyl sites for hydroxylation is 4. The van der Waals surface area contributed by atoms with Crippen LogP contribution in [0.15, 0.2) is 53.5 Å². The first kappa shape index (κ1) is 23.6. The minimum atomic E-state index is -1.09. The fraction of sp³-hybridized carbons (Fsp3) is 0.240. The van der Waals surface area contributed by atoms with E-state index in [0.29, 0.717) is 11.1 Å². The molecule has 0 spiro atoms. The quantitative estimate of drug-likeness (QED) is 0.453. The minimum Gasteiger partial charge on any atom is -0.505 e. The second-order valence-electron chi connectivity index (χ2n) is 8.09. The molecule has 0 fully saturated rings. The van der Waals surface area contributed by atoms with Gasteiger partial charge in [-0.1, -0.05) is 36.4 Å². The van der Waals surface area contributed by atoms with Gasteiger partial charge in [0.25, 0.3) is 5.56 Å². The second-order valence-corrected chi connectivity index (χ2v) is 8.09. The van der Waals surface area contributed by atoms with Crippen molar-refractivity contribution in [2.45, 2.75) is 33.2 Å². The maximum absolute atomic E-state index is 12.7. The van der Waals surface area contributed by atoms with Crippen molar-refractivity contribution in [2.24, 2.45) is 7.05 Å². The molecule has 2 amide bonds. The number of carboxylic acids is 1. The molecule has 1 atom stereocenters. The highest BCUT2D eigenvalue weighted by Gasteiger charge is 2.21. The molecule has 0 saturated heterocycles. The number of nitrogens with one attached hydrogen (secondary N) is 2. The number of hydrogen-bond acceptors (Lipinski definition) is 4. The summed E-state index contributed by atoms with van der Waals surface area (Å²) >= 11 is 0. The van der Waals surface area contributed by atoms with Crippen LogP contribution in [0.25, 0.3) is 11.1 Å². The molecule has 0 aliphatic rings. The Bertz CT molecular complexity index is 1260. The van der Waals surface area contributed by atoms with E-state index >= 15 is 0 Å². The number of carbonyl (C=O) groups is 2. The van der Waals surface area contributed by atoms with Gasteiger partial charge in [0.15, 0.2) is 5.69 Å². The van der Waals surface area contributed by atoms with Gasteiger partial charge >= 0.3 is 12.0 Å². The third kappa shape index (κ3) is 5.23. The third-order valence-electron chi connectivity index (χ3n) is 5.51. The summed E-state index contributed by atoms with van der Waals surface area (Å²) < 4.78 is 1.24. The molecule has 1 unspecified atom stereocenters. The highest BCUT2D eigenvalue weighted by molar-refractivity contribution is 5.91. The number of rotatable bonds is 6. The largest absolute Gasteiger partial charge is 0.505 e. The number of aliphatic carboxylic acids is 1. The molecule has 0 aliphatic heterocycles. The van der Waals surface area contributed by atoms with Gasteiger partial charge in [0, 0.05) is 18.8 Å². The lowest BCUT2D eigenvalue weighted by molar-refractivity contribution is -0.137. The molecule has 172 valence electrons. The van der Waals surface area contributed by atoms with Gasteiger partial charge in [-0.05, 0) is 54.7 Å². The number of urea groups is 1. The van der Waals surface area contributed by atoms with E-state index in [1.165, 1.54) is 17.8 Å². The number of nitrogens with zero attached hydrogens (tertiary/aromatic N) is 1. The smallest absolute Gasteiger partial charge is 0.319 e. The van der Waals surface area contributed by atoms with Crippen LogP contribution in [0, 0.1) is 20.8 Å². The fourth-order valence-electron chi connectivity index (χ4n) is 3.91. The number of carbonyl (C=O) groups excluding carboxylic acids is 1. The van der Waals surface area contributed by atoms with Gasteiger partial charge in [-0.3, -0.25) is 9.59 Å². The monoisotopic (exact) mass is 449 g/mol. The number of benzene rings is 2. The zero-order valence-corrected chi connectivity index (χ0v) is 19.0. The summed E-state index contributed by atoms with van der Waals surface area (Å²) in [5.41, 5.74) is 4.28. The van der Waals surface area contributed by atoms with Crippen molar-refractivity contribution in [1.82, 2.24) is 9.88 Å². The molecule has 0 radical (unpaired) electrons. The molecule has 0 aliphatic carbocycles. The molecule has 0 saturated carbocycles. The summed E-state index contributed by atoms with van der Waals surface area (Å²) in [5, 5.41) is 24.6. The average Bonchev–Trinajstić information content (AvgIpc) is 2.75. The highest BCUT2D eigenvalue weighted by atomic mass is 16.4. The second kappa shape index (κ2) is 9.60. The number of amides is 2. The van der Waals surface area contributed by atoms with Crippen molar-refractivity contribution >= 4 is 17.7 Å². The van der Waals surface area contributed by atoms with Crippen LogP contribution >= 0.6 is 0 Å². The molecule has 8 heteroatoms. The van der Waals surface area contributed by atoms with Crippen molar-refractivity contribution in [3.8, 4) is 16.9 Å². The summed E-state index contributed by atoms with van der Waals surface area (Å²) in [6.45, 7) is 5.61. The zero-order chi connectivity index (χ0) is 24.3. The van der Waals surface area contributed by atoms with E-state index in [-0.39, 0.29) is 17.9 Å².